The van der Waals surface area contributed by atoms with Gasteiger partial charge in [0.25, 0.3) is 0 Å². The van der Waals surface area contributed by atoms with Crippen LogP contribution >= 0.6 is 0 Å². The molecule has 0 radical (unpaired) electrons. The van der Waals surface area contributed by atoms with E-state index < -0.39 is 0 Å². The molecule has 0 saturated heterocycles. The minimum absolute atomic E-state index is 0.636. The largest absolute Gasteiger partial charge is 0.492 e. The Morgan fingerprint density at radius 2 is 1.80 bits per heavy atom. The van der Waals surface area contributed by atoms with Gasteiger partial charge >= 0.3 is 0 Å². The first-order valence-corrected chi connectivity index (χ1v) is 7.46. The average molecular weight is 270 g/mol. The second kappa shape index (κ2) is 7.68. The Labute approximate surface area is 120 Å². The summed E-state index contributed by atoms with van der Waals surface area (Å²) in [6, 6.07) is 11.8. The molecular weight excluding hydrogens is 248 g/mol. The van der Waals surface area contributed by atoms with Crippen LogP contribution in [0.3, 0.4) is 0 Å². The summed E-state index contributed by atoms with van der Waals surface area (Å²) in [5.41, 5.74) is 0.636. The van der Waals surface area contributed by atoms with Gasteiger partial charge in [-0.2, -0.15) is 0 Å². The number of rotatable bonds is 8. The van der Waals surface area contributed by atoms with Gasteiger partial charge in [-0.3, -0.25) is 4.79 Å². The van der Waals surface area contributed by atoms with Crippen LogP contribution in [0.1, 0.15) is 49.4 Å². The first kappa shape index (κ1) is 14.6. The van der Waals surface area contributed by atoms with E-state index in [1.807, 2.05) is 36.4 Å². The van der Waals surface area contributed by atoms with Crippen molar-refractivity contribution in [2.24, 2.45) is 0 Å². The maximum Gasteiger partial charge on any atom is 0.153 e. The monoisotopic (exact) mass is 270 g/mol. The lowest BCUT2D eigenvalue weighted by Gasteiger charge is -2.11. The van der Waals surface area contributed by atoms with E-state index in [0.29, 0.717) is 12.2 Å². The van der Waals surface area contributed by atoms with Crippen molar-refractivity contribution in [3.8, 4) is 5.75 Å². The van der Waals surface area contributed by atoms with Crippen LogP contribution in [0, 0.1) is 0 Å². The van der Waals surface area contributed by atoms with Gasteiger partial charge in [-0.05, 0) is 17.9 Å². The molecule has 106 valence electrons. The zero-order valence-electron chi connectivity index (χ0n) is 12.1. The van der Waals surface area contributed by atoms with Crippen LogP contribution in [0.5, 0.6) is 5.75 Å². The summed E-state index contributed by atoms with van der Waals surface area (Å²) in [4.78, 5) is 11.2. The molecule has 0 atom stereocenters. The van der Waals surface area contributed by atoms with Crippen molar-refractivity contribution in [3.63, 3.8) is 0 Å². The van der Waals surface area contributed by atoms with Gasteiger partial charge in [0.15, 0.2) is 6.29 Å². The number of fused-ring (bicyclic) bond motifs is 1. The molecule has 2 heteroatoms. The van der Waals surface area contributed by atoms with Gasteiger partial charge < -0.3 is 4.74 Å². The molecule has 0 fully saturated rings. The molecule has 2 nitrogen and oxygen atoms in total. The predicted molar refractivity (Wildman–Crippen MR) is 83.6 cm³/mol. The van der Waals surface area contributed by atoms with E-state index >= 15 is 0 Å². The molecule has 0 N–H and O–H groups in total. The van der Waals surface area contributed by atoms with E-state index in [9.17, 15) is 4.79 Å². The number of unbranched alkanes of at least 4 members (excludes halogenated alkanes) is 4. The minimum Gasteiger partial charge on any atom is -0.492 e. The highest BCUT2D eigenvalue weighted by Gasteiger charge is 2.08. The van der Waals surface area contributed by atoms with E-state index in [0.717, 1.165) is 29.2 Å². The van der Waals surface area contributed by atoms with Gasteiger partial charge in [0, 0.05) is 5.39 Å². The van der Waals surface area contributed by atoms with Crippen molar-refractivity contribution in [1.82, 2.24) is 0 Å². The van der Waals surface area contributed by atoms with Crippen molar-refractivity contribution in [2.45, 2.75) is 39.0 Å². The molecule has 2 rings (SSSR count). The highest BCUT2D eigenvalue weighted by molar-refractivity contribution is 5.96. The van der Waals surface area contributed by atoms with Crippen LogP contribution in [0.4, 0.5) is 0 Å². The van der Waals surface area contributed by atoms with Gasteiger partial charge in [0.2, 0.25) is 0 Å². The molecule has 0 saturated carbocycles. The number of aldehydes is 1. The minimum atomic E-state index is 0.636. The first-order valence-electron chi connectivity index (χ1n) is 7.46. The van der Waals surface area contributed by atoms with Crippen LogP contribution in [-0.4, -0.2) is 12.9 Å². The second-order valence-corrected chi connectivity index (χ2v) is 5.09. The van der Waals surface area contributed by atoms with Crippen molar-refractivity contribution < 1.29 is 9.53 Å². The van der Waals surface area contributed by atoms with Gasteiger partial charge in [0.05, 0.1) is 12.2 Å². The van der Waals surface area contributed by atoms with Gasteiger partial charge in [-0.1, -0.05) is 62.9 Å². The number of hydrogen-bond acceptors (Lipinski definition) is 2. The Balaban J connectivity index is 2.05. The van der Waals surface area contributed by atoms with Crippen LogP contribution in [0.25, 0.3) is 10.8 Å². The molecule has 0 unspecified atom stereocenters. The van der Waals surface area contributed by atoms with Crippen molar-refractivity contribution in [2.75, 3.05) is 6.61 Å². The quantitative estimate of drug-likeness (QED) is 0.498. The normalized spacial score (nSPS) is 10.7. The van der Waals surface area contributed by atoms with Crippen molar-refractivity contribution >= 4 is 17.1 Å². The number of carbonyl (C=O) groups is 1. The summed E-state index contributed by atoms with van der Waals surface area (Å²) in [7, 11) is 0. The number of hydrogen-bond donors (Lipinski definition) is 0. The Morgan fingerprint density at radius 3 is 2.60 bits per heavy atom. The zero-order valence-corrected chi connectivity index (χ0v) is 12.1. The third-order valence-electron chi connectivity index (χ3n) is 3.53. The van der Waals surface area contributed by atoms with Crippen LogP contribution in [0.15, 0.2) is 36.4 Å². The van der Waals surface area contributed by atoms with Crippen LogP contribution in [0.2, 0.25) is 0 Å². The fraction of sp³-hybridized carbons (Fsp3) is 0.389. The molecule has 20 heavy (non-hydrogen) atoms. The third-order valence-corrected chi connectivity index (χ3v) is 3.53. The molecule has 0 aliphatic rings. The summed E-state index contributed by atoms with van der Waals surface area (Å²) in [6.45, 7) is 2.89. The Hall–Kier alpha value is -1.83. The van der Waals surface area contributed by atoms with Gasteiger partial charge in [0.1, 0.15) is 5.75 Å². The third kappa shape index (κ3) is 3.60. The van der Waals surface area contributed by atoms with E-state index in [2.05, 4.69) is 6.92 Å². The molecule has 2 aromatic carbocycles. The van der Waals surface area contributed by atoms with E-state index in [1.165, 1.54) is 25.7 Å². The summed E-state index contributed by atoms with van der Waals surface area (Å²) >= 11 is 0. The highest BCUT2D eigenvalue weighted by atomic mass is 16.5. The van der Waals surface area contributed by atoms with Crippen LogP contribution < -0.4 is 4.74 Å². The molecule has 0 aliphatic heterocycles. The number of ether oxygens (including phenoxy) is 1. The predicted octanol–water partition coefficient (Wildman–Crippen LogP) is 5.00. The van der Waals surface area contributed by atoms with Crippen molar-refractivity contribution in [1.29, 1.82) is 0 Å². The molecule has 0 bridgehead atoms. The molecule has 0 aromatic heterocycles. The smallest absolute Gasteiger partial charge is 0.153 e. The summed E-state index contributed by atoms with van der Waals surface area (Å²) < 4.78 is 5.89. The maximum atomic E-state index is 11.2. The fourth-order valence-corrected chi connectivity index (χ4v) is 2.39. The molecule has 0 spiro atoms. The van der Waals surface area contributed by atoms with Gasteiger partial charge in [-0.25, -0.2) is 0 Å². The topological polar surface area (TPSA) is 26.3 Å². The molecule has 0 amide bonds. The summed E-state index contributed by atoms with van der Waals surface area (Å²) in [5.74, 6) is 0.730. The maximum absolute atomic E-state index is 11.2. The lowest BCUT2D eigenvalue weighted by Crippen LogP contribution is -2.01. The lowest BCUT2D eigenvalue weighted by atomic mass is 10.1. The van der Waals surface area contributed by atoms with E-state index in [-0.39, 0.29) is 0 Å². The summed E-state index contributed by atoms with van der Waals surface area (Å²) in [6.07, 6.45) is 6.90. The standard InChI is InChI=1S/C18H22O2/c1-2-3-4-5-8-13-20-18-16(14-19)12-11-15-9-6-7-10-17(15)18/h6-7,9-12,14H,2-5,8,13H2,1H3. The SMILES string of the molecule is CCCCCCCOc1c(C=O)ccc2ccccc12. The Morgan fingerprint density at radius 1 is 1.00 bits per heavy atom. The molecule has 0 heterocycles. The number of carbonyl (C=O) groups excluding carboxylic acids is 1. The number of benzene rings is 2. The van der Waals surface area contributed by atoms with Crippen molar-refractivity contribution in [3.05, 3.63) is 42.0 Å². The first-order chi connectivity index (χ1) is 9.86. The van der Waals surface area contributed by atoms with E-state index in [1.54, 1.807) is 0 Å². The molecule has 2 aromatic rings. The van der Waals surface area contributed by atoms with Gasteiger partial charge in [-0.15, -0.1) is 0 Å². The highest BCUT2D eigenvalue weighted by Crippen LogP contribution is 2.29. The average Bonchev–Trinajstić information content (AvgIpc) is 2.50. The Kier molecular flexibility index (Phi) is 5.60. The summed E-state index contributed by atoms with van der Waals surface area (Å²) in [5, 5.41) is 2.13. The second-order valence-electron chi connectivity index (χ2n) is 5.09. The molecule has 0 aliphatic carbocycles. The molecular formula is C18H22O2. The Bertz CT molecular complexity index is 560. The fourth-order valence-electron chi connectivity index (χ4n) is 2.39. The zero-order chi connectivity index (χ0) is 14.2. The van der Waals surface area contributed by atoms with E-state index in [4.69, 9.17) is 4.74 Å². The van der Waals surface area contributed by atoms with Crippen LogP contribution in [-0.2, 0) is 0 Å². The lowest BCUT2D eigenvalue weighted by molar-refractivity contribution is 0.111.